The Labute approximate surface area is 164 Å². The van der Waals surface area contributed by atoms with Gasteiger partial charge in [0.25, 0.3) is 0 Å². The van der Waals surface area contributed by atoms with Crippen LogP contribution in [0.3, 0.4) is 0 Å². The molecule has 0 N–H and O–H groups in total. The normalized spacial score (nSPS) is 29.8. The van der Waals surface area contributed by atoms with Crippen molar-refractivity contribution in [1.82, 2.24) is 9.80 Å². The lowest BCUT2D eigenvalue weighted by Gasteiger charge is -2.46. The molecule has 0 radical (unpaired) electrons. The molecule has 152 valence electrons. The first-order valence-corrected chi connectivity index (χ1v) is 9.24. The van der Waals surface area contributed by atoms with Crippen molar-refractivity contribution in [3.05, 3.63) is 35.6 Å². The summed E-state index contributed by atoms with van der Waals surface area (Å²) in [4.78, 5) is 45.5. The maximum absolute atomic E-state index is 13.4. The second kappa shape index (κ2) is 7.47. The first-order chi connectivity index (χ1) is 12.9. The molecule has 0 bridgehead atoms. The van der Waals surface area contributed by atoms with Crippen molar-refractivity contribution >= 4 is 18.0 Å². The summed E-state index contributed by atoms with van der Waals surface area (Å²) in [7, 11) is 1.70. The van der Waals surface area contributed by atoms with E-state index in [9.17, 15) is 14.0 Å². The van der Waals surface area contributed by atoms with Crippen LogP contribution in [0.2, 0.25) is 0 Å². The zero-order valence-electron chi connectivity index (χ0n) is 17.2. The van der Waals surface area contributed by atoms with Crippen LogP contribution < -0.4 is 0 Å². The van der Waals surface area contributed by atoms with E-state index in [-0.39, 0.29) is 40.7 Å². The van der Waals surface area contributed by atoms with E-state index in [0.717, 1.165) is 5.56 Å². The number of hydrogen-bond donors (Lipinski definition) is 0. The van der Waals surface area contributed by atoms with E-state index in [0.29, 0.717) is 6.42 Å². The van der Waals surface area contributed by atoms with Gasteiger partial charge in [-0.15, -0.1) is 0 Å². The average Bonchev–Trinajstić information content (AvgIpc) is 2.94. The van der Waals surface area contributed by atoms with Crippen LogP contribution in [0.5, 0.6) is 0 Å². The Balaban J connectivity index is 0.000000878. The minimum absolute atomic E-state index is 0.00723. The molecule has 2 amide bonds. The molecular weight excluding hydrogens is 363 g/mol. The van der Waals surface area contributed by atoms with Gasteiger partial charge in [-0.2, -0.15) is 9.59 Å². The van der Waals surface area contributed by atoms with E-state index < -0.39 is 12.1 Å². The van der Waals surface area contributed by atoms with Crippen LogP contribution >= 0.6 is 0 Å². The van der Waals surface area contributed by atoms with Gasteiger partial charge in [0.15, 0.2) is 0 Å². The molecule has 0 aliphatic carbocycles. The number of piperazine rings is 1. The summed E-state index contributed by atoms with van der Waals surface area (Å²) >= 11 is 0. The van der Waals surface area contributed by atoms with Gasteiger partial charge < -0.3 is 9.80 Å². The van der Waals surface area contributed by atoms with Gasteiger partial charge in [-0.3, -0.25) is 9.59 Å². The van der Waals surface area contributed by atoms with Crippen molar-refractivity contribution in [1.29, 1.82) is 0 Å². The highest BCUT2D eigenvalue weighted by Crippen LogP contribution is 2.59. The molecule has 0 aromatic heterocycles. The molecule has 7 heteroatoms. The molecule has 2 aliphatic rings. The topological polar surface area (TPSA) is 74.8 Å². The van der Waals surface area contributed by atoms with Gasteiger partial charge >= 0.3 is 6.15 Å². The van der Waals surface area contributed by atoms with Gasteiger partial charge in [0, 0.05) is 7.05 Å². The summed E-state index contributed by atoms with van der Waals surface area (Å²) in [6.07, 6.45) is 0.861. The molecule has 0 saturated carbocycles. The highest BCUT2D eigenvalue weighted by atomic mass is 19.1. The number of carbonyl (C=O) groups excluding carboxylic acids is 4. The highest BCUT2D eigenvalue weighted by Gasteiger charge is 2.61. The minimum Gasteiger partial charge on any atom is -0.332 e. The van der Waals surface area contributed by atoms with Crippen LogP contribution in [-0.2, 0) is 19.2 Å². The minimum atomic E-state index is -0.478. The average molecular weight is 390 g/mol. The number of rotatable bonds is 1. The van der Waals surface area contributed by atoms with E-state index in [1.165, 1.54) is 12.1 Å². The van der Waals surface area contributed by atoms with Gasteiger partial charge in [-0.25, -0.2) is 4.39 Å². The second-order valence-corrected chi connectivity index (χ2v) is 8.80. The Morgan fingerprint density at radius 3 is 2.07 bits per heavy atom. The Hall–Kier alpha value is -2.53. The third-order valence-corrected chi connectivity index (χ3v) is 6.56. The molecule has 28 heavy (non-hydrogen) atoms. The third kappa shape index (κ3) is 3.35. The Morgan fingerprint density at radius 1 is 1.11 bits per heavy atom. The lowest BCUT2D eigenvalue weighted by atomic mass is 9.61. The number of amides is 2. The van der Waals surface area contributed by atoms with E-state index in [1.54, 1.807) is 35.9 Å². The monoisotopic (exact) mass is 390 g/mol. The molecule has 1 aromatic rings. The molecule has 3 rings (SSSR count). The predicted octanol–water partition coefficient (Wildman–Crippen LogP) is 2.80. The number of hydrogen-bond acceptors (Lipinski definition) is 4. The smallest absolute Gasteiger partial charge is 0.332 e. The maximum Gasteiger partial charge on any atom is 0.373 e. The van der Waals surface area contributed by atoms with Gasteiger partial charge in [0.05, 0.1) is 6.04 Å². The first-order valence-electron chi connectivity index (χ1n) is 9.24. The zero-order chi connectivity index (χ0) is 21.4. The molecule has 2 aliphatic heterocycles. The molecule has 2 fully saturated rings. The van der Waals surface area contributed by atoms with E-state index in [1.807, 2.05) is 0 Å². The molecule has 6 nitrogen and oxygen atoms in total. The summed E-state index contributed by atoms with van der Waals surface area (Å²) < 4.78 is 13.4. The fourth-order valence-corrected chi connectivity index (χ4v) is 4.28. The predicted molar refractivity (Wildman–Crippen MR) is 99.2 cm³/mol. The Kier molecular flexibility index (Phi) is 5.81. The zero-order valence-corrected chi connectivity index (χ0v) is 17.2. The lowest BCUT2D eigenvalue weighted by Crippen LogP contribution is -2.60. The largest absolute Gasteiger partial charge is 0.373 e. The van der Waals surface area contributed by atoms with E-state index in [4.69, 9.17) is 9.59 Å². The van der Waals surface area contributed by atoms with E-state index >= 15 is 0 Å². The van der Waals surface area contributed by atoms with Crippen LogP contribution in [0.15, 0.2) is 24.3 Å². The SMILES string of the molecule is C[C@@H]1C(=O)N2[C@@H](c3ccc(F)cc3)[C@@](C)(C(C)(C)C)C[C@H]2C(=O)N1C.O=C=O. The quantitative estimate of drug-likeness (QED) is 0.739. The van der Waals surface area contributed by atoms with Crippen molar-refractivity contribution in [3.63, 3.8) is 0 Å². The van der Waals surface area contributed by atoms with Crippen LogP contribution in [0.4, 0.5) is 4.39 Å². The van der Waals surface area contributed by atoms with Gasteiger partial charge in [0.1, 0.15) is 17.9 Å². The summed E-state index contributed by atoms with van der Waals surface area (Å²) in [6, 6.07) is 5.17. The van der Waals surface area contributed by atoms with Crippen LogP contribution in [0, 0.1) is 16.6 Å². The number of nitrogens with zero attached hydrogens (tertiary/aromatic N) is 2. The molecule has 2 saturated heterocycles. The van der Waals surface area contributed by atoms with Crippen molar-refractivity contribution in [3.8, 4) is 0 Å². The number of carbonyl (C=O) groups is 2. The molecule has 2 heterocycles. The Morgan fingerprint density at radius 2 is 1.61 bits per heavy atom. The fraction of sp³-hybridized carbons (Fsp3) is 0.571. The van der Waals surface area contributed by atoms with Crippen LogP contribution in [0.25, 0.3) is 0 Å². The third-order valence-electron chi connectivity index (χ3n) is 6.56. The fourth-order valence-electron chi connectivity index (χ4n) is 4.28. The lowest BCUT2D eigenvalue weighted by molar-refractivity contribution is -0.191. The van der Waals surface area contributed by atoms with Crippen molar-refractivity contribution in [2.45, 2.75) is 59.2 Å². The molecule has 1 aromatic carbocycles. The standard InChI is InChI=1S/C20H27FN2O2.CO2/c1-12-17(24)23-15(18(25)22(12)6)11-20(5,19(2,3)4)16(23)13-7-9-14(21)10-8-13;2-1-3/h7-10,12,15-16H,11H2,1-6H3;/t12-,15+,16+,20+;/m1./s1. The van der Waals surface area contributed by atoms with Gasteiger partial charge in [0.2, 0.25) is 11.8 Å². The summed E-state index contributed by atoms with van der Waals surface area (Å²) in [5.74, 6) is -0.341. The second-order valence-electron chi connectivity index (χ2n) is 8.80. The van der Waals surface area contributed by atoms with Crippen LogP contribution in [-0.4, -0.2) is 46.9 Å². The molecule has 4 atom stereocenters. The van der Waals surface area contributed by atoms with Crippen molar-refractivity contribution < 1.29 is 23.6 Å². The number of benzene rings is 1. The van der Waals surface area contributed by atoms with Gasteiger partial charge in [-0.1, -0.05) is 39.8 Å². The summed E-state index contributed by atoms with van der Waals surface area (Å²) in [5.41, 5.74) is 0.455. The number of likely N-dealkylation sites (N-methyl/N-ethyl adjacent to an activating group) is 1. The van der Waals surface area contributed by atoms with Crippen molar-refractivity contribution in [2.24, 2.45) is 10.8 Å². The highest BCUT2D eigenvalue weighted by molar-refractivity contribution is 5.97. The summed E-state index contributed by atoms with van der Waals surface area (Å²) in [5, 5.41) is 0. The van der Waals surface area contributed by atoms with Gasteiger partial charge in [-0.05, 0) is 41.9 Å². The summed E-state index contributed by atoms with van der Waals surface area (Å²) in [6.45, 7) is 10.3. The van der Waals surface area contributed by atoms with Crippen LogP contribution in [0.1, 0.15) is 52.6 Å². The first kappa shape index (κ1) is 21.8. The molecule has 0 spiro atoms. The van der Waals surface area contributed by atoms with Crippen molar-refractivity contribution in [2.75, 3.05) is 7.05 Å². The van der Waals surface area contributed by atoms with E-state index in [2.05, 4.69) is 27.7 Å². The molecule has 0 unspecified atom stereocenters. The Bertz CT molecular complexity index is 796. The maximum atomic E-state index is 13.4. The molecular formula is C21H27FN2O4. The number of fused-ring (bicyclic) bond motifs is 1. The number of halogens is 1.